The Bertz CT molecular complexity index is 400. The molecule has 1 rings (SSSR count). The molecular weight excluding hydrogens is 224 g/mol. The van der Waals surface area contributed by atoms with E-state index >= 15 is 0 Å². The fraction of sp³-hybridized carbons (Fsp3) is 0.333. The highest BCUT2D eigenvalue weighted by molar-refractivity contribution is 5.69. The van der Waals surface area contributed by atoms with E-state index in [1.165, 1.54) is 14.2 Å². The standard InChI is InChI=1S/C12H14O5/c1-15-10-5-3-9(4-6-12(14)16-2)11(7-10)17-8-13/h3,5,7-8H,4,6H2,1-2H3. The molecule has 1 aromatic rings. The minimum Gasteiger partial charge on any atom is -0.497 e. The van der Waals surface area contributed by atoms with E-state index in [1.807, 2.05) is 0 Å². The van der Waals surface area contributed by atoms with Crippen molar-refractivity contribution in [3.63, 3.8) is 0 Å². The number of carbonyl (C=O) groups excluding carboxylic acids is 2. The molecule has 0 saturated carbocycles. The topological polar surface area (TPSA) is 61.8 Å². The van der Waals surface area contributed by atoms with E-state index in [9.17, 15) is 9.59 Å². The summed E-state index contributed by atoms with van der Waals surface area (Å²) in [4.78, 5) is 21.4. The molecule has 0 unspecified atom stereocenters. The summed E-state index contributed by atoms with van der Waals surface area (Å²) in [7, 11) is 2.85. The Balaban J connectivity index is 2.82. The maximum atomic E-state index is 11.0. The van der Waals surface area contributed by atoms with Gasteiger partial charge in [-0.05, 0) is 18.1 Å². The van der Waals surface area contributed by atoms with Gasteiger partial charge in [-0.1, -0.05) is 6.07 Å². The first-order valence-electron chi connectivity index (χ1n) is 5.05. The first kappa shape index (κ1) is 13.0. The molecule has 0 fully saturated rings. The van der Waals surface area contributed by atoms with Gasteiger partial charge >= 0.3 is 5.97 Å². The maximum absolute atomic E-state index is 11.0. The Kier molecular flexibility index (Phi) is 5.00. The molecule has 92 valence electrons. The number of methoxy groups -OCH3 is 2. The second-order valence-electron chi connectivity index (χ2n) is 3.26. The normalized spacial score (nSPS) is 9.53. The highest BCUT2D eigenvalue weighted by Crippen LogP contribution is 2.25. The van der Waals surface area contributed by atoms with E-state index in [4.69, 9.17) is 9.47 Å². The molecule has 0 amide bonds. The lowest BCUT2D eigenvalue weighted by molar-refractivity contribution is -0.140. The van der Waals surface area contributed by atoms with Crippen LogP contribution in [0.4, 0.5) is 0 Å². The van der Waals surface area contributed by atoms with E-state index in [2.05, 4.69) is 4.74 Å². The molecule has 17 heavy (non-hydrogen) atoms. The van der Waals surface area contributed by atoms with Crippen LogP contribution in [0.5, 0.6) is 11.5 Å². The van der Waals surface area contributed by atoms with Crippen LogP contribution < -0.4 is 9.47 Å². The number of aryl methyl sites for hydroxylation is 1. The molecule has 0 aliphatic heterocycles. The van der Waals surface area contributed by atoms with Crippen molar-refractivity contribution in [2.75, 3.05) is 14.2 Å². The summed E-state index contributed by atoms with van der Waals surface area (Å²) in [5, 5.41) is 0. The van der Waals surface area contributed by atoms with Gasteiger partial charge in [-0.25, -0.2) is 0 Å². The fourth-order valence-corrected chi connectivity index (χ4v) is 1.37. The molecule has 0 N–H and O–H groups in total. The molecule has 0 saturated heterocycles. The Morgan fingerprint density at radius 3 is 2.71 bits per heavy atom. The molecule has 0 heterocycles. The van der Waals surface area contributed by atoms with Crippen molar-refractivity contribution in [2.45, 2.75) is 12.8 Å². The third-order valence-corrected chi connectivity index (χ3v) is 2.28. The molecular formula is C12H14O5. The number of rotatable bonds is 6. The number of esters is 1. The number of carbonyl (C=O) groups is 2. The third kappa shape index (κ3) is 3.79. The lowest BCUT2D eigenvalue weighted by Crippen LogP contribution is -2.03. The first-order valence-corrected chi connectivity index (χ1v) is 5.05. The van der Waals surface area contributed by atoms with Crippen molar-refractivity contribution in [1.29, 1.82) is 0 Å². The minimum atomic E-state index is -0.308. The van der Waals surface area contributed by atoms with Crippen molar-refractivity contribution in [2.24, 2.45) is 0 Å². The van der Waals surface area contributed by atoms with Gasteiger partial charge in [0.1, 0.15) is 11.5 Å². The summed E-state index contributed by atoms with van der Waals surface area (Å²) in [5.41, 5.74) is 0.753. The number of hydrogen-bond donors (Lipinski definition) is 0. The largest absolute Gasteiger partial charge is 0.497 e. The Morgan fingerprint density at radius 1 is 1.35 bits per heavy atom. The van der Waals surface area contributed by atoms with E-state index in [0.29, 0.717) is 24.4 Å². The van der Waals surface area contributed by atoms with Crippen LogP contribution in [-0.2, 0) is 20.7 Å². The summed E-state index contributed by atoms with van der Waals surface area (Å²) < 4.78 is 14.4. The second kappa shape index (κ2) is 6.52. The summed E-state index contributed by atoms with van der Waals surface area (Å²) in [6, 6.07) is 5.09. The van der Waals surface area contributed by atoms with Crippen LogP contribution in [0.3, 0.4) is 0 Å². The molecule has 0 radical (unpaired) electrons. The van der Waals surface area contributed by atoms with Crippen molar-refractivity contribution >= 4 is 12.4 Å². The van der Waals surface area contributed by atoms with Crippen molar-refractivity contribution in [3.8, 4) is 11.5 Å². The van der Waals surface area contributed by atoms with E-state index < -0.39 is 0 Å². The van der Waals surface area contributed by atoms with E-state index in [0.717, 1.165) is 5.56 Å². The third-order valence-electron chi connectivity index (χ3n) is 2.28. The highest BCUT2D eigenvalue weighted by atomic mass is 16.5. The Hall–Kier alpha value is -2.04. The maximum Gasteiger partial charge on any atom is 0.305 e. The molecule has 5 heteroatoms. The van der Waals surface area contributed by atoms with Crippen molar-refractivity contribution < 1.29 is 23.8 Å². The van der Waals surface area contributed by atoms with Gasteiger partial charge in [-0.2, -0.15) is 0 Å². The minimum absolute atomic E-state index is 0.234. The van der Waals surface area contributed by atoms with Gasteiger partial charge in [-0.3, -0.25) is 9.59 Å². The molecule has 5 nitrogen and oxygen atoms in total. The molecule has 0 aromatic heterocycles. The van der Waals surface area contributed by atoms with Crippen LogP contribution >= 0.6 is 0 Å². The van der Waals surface area contributed by atoms with Gasteiger partial charge in [0.2, 0.25) is 0 Å². The van der Waals surface area contributed by atoms with Crippen molar-refractivity contribution in [1.82, 2.24) is 0 Å². The van der Waals surface area contributed by atoms with Gasteiger partial charge in [0.25, 0.3) is 6.47 Å². The summed E-state index contributed by atoms with van der Waals surface area (Å²) in [6.07, 6.45) is 0.678. The van der Waals surface area contributed by atoms with E-state index in [1.54, 1.807) is 18.2 Å². The lowest BCUT2D eigenvalue weighted by Gasteiger charge is -2.08. The molecule has 0 bridgehead atoms. The van der Waals surface area contributed by atoms with Gasteiger partial charge in [0.05, 0.1) is 14.2 Å². The Labute approximate surface area is 99.3 Å². The number of benzene rings is 1. The lowest BCUT2D eigenvalue weighted by atomic mass is 10.1. The number of ether oxygens (including phenoxy) is 3. The van der Waals surface area contributed by atoms with Crippen molar-refractivity contribution in [3.05, 3.63) is 23.8 Å². The summed E-state index contributed by atoms with van der Waals surface area (Å²) in [6.45, 7) is 0.344. The monoisotopic (exact) mass is 238 g/mol. The van der Waals surface area contributed by atoms with Gasteiger partial charge < -0.3 is 14.2 Å². The zero-order valence-electron chi connectivity index (χ0n) is 9.76. The number of hydrogen-bond acceptors (Lipinski definition) is 5. The van der Waals surface area contributed by atoms with Crippen LogP contribution in [-0.4, -0.2) is 26.7 Å². The molecule has 0 spiro atoms. The fourth-order valence-electron chi connectivity index (χ4n) is 1.37. The van der Waals surface area contributed by atoms with Crippen LogP contribution in [0.15, 0.2) is 18.2 Å². The van der Waals surface area contributed by atoms with Crippen LogP contribution in [0.25, 0.3) is 0 Å². The van der Waals surface area contributed by atoms with Crippen LogP contribution in [0.1, 0.15) is 12.0 Å². The first-order chi connectivity index (χ1) is 8.21. The van der Waals surface area contributed by atoms with Gasteiger partial charge in [0.15, 0.2) is 0 Å². The predicted molar refractivity (Wildman–Crippen MR) is 60.0 cm³/mol. The quantitative estimate of drug-likeness (QED) is 0.552. The molecule has 0 aliphatic rings. The SMILES string of the molecule is COC(=O)CCc1ccc(OC)cc1OC=O. The molecule has 0 aliphatic carbocycles. The van der Waals surface area contributed by atoms with Crippen LogP contribution in [0.2, 0.25) is 0 Å². The molecule has 0 atom stereocenters. The second-order valence-corrected chi connectivity index (χ2v) is 3.26. The average Bonchev–Trinajstić information content (AvgIpc) is 2.37. The Morgan fingerprint density at radius 2 is 2.12 bits per heavy atom. The average molecular weight is 238 g/mol. The zero-order chi connectivity index (χ0) is 12.7. The van der Waals surface area contributed by atoms with Gasteiger partial charge in [-0.15, -0.1) is 0 Å². The highest BCUT2D eigenvalue weighted by Gasteiger charge is 2.08. The predicted octanol–water partition coefficient (Wildman–Crippen LogP) is 1.34. The zero-order valence-corrected chi connectivity index (χ0v) is 9.76. The summed E-state index contributed by atoms with van der Waals surface area (Å²) >= 11 is 0. The molecule has 1 aromatic carbocycles. The van der Waals surface area contributed by atoms with E-state index in [-0.39, 0.29) is 12.4 Å². The smallest absolute Gasteiger partial charge is 0.305 e. The summed E-state index contributed by atoms with van der Waals surface area (Å²) in [5.74, 6) is 0.671. The van der Waals surface area contributed by atoms with Crippen LogP contribution in [0, 0.1) is 0 Å². The van der Waals surface area contributed by atoms with Gasteiger partial charge in [0, 0.05) is 12.5 Å².